The first-order valence-corrected chi connectivity index (χ1v) is 7.83. The fourth-order valence-electron chi connectivity index (χ4n) is 2.38. The van der Waals surface area contributed by atoms with E-state index in [4.69, 9.17) is 0 Å². The van der Waals surface area contributed by atoms with E-state index in [-0.39, 0.29) is 18.3 Å². The lowest BCUT2D eigenvalue weighted by Gasteiger charge is -2.05. The van der Waals surface area contributed by atoms with Gasteiger partial charge in [0.2, 0.25) is 0 Å². The highest BCUT2D eigenvalue weighted by Crippen LogP contribution is 2.12. The Labute approximate surface area is 149 Å². The van der Waals surface area contributed by atoms with Gasteiger partial charge >= 0.3 is 5.97 Å². The molecule has 0 bridgehead atoms. The molecular weight excluding hydrogens is 337 g/mol. The number of esters is 1. The van der Waals surface area contributed by atoms with Gasteiger partial charge in [0.1, 0.15) is 5.82 Å². The van der Waals surface area contributed by atoms with Crippen LogP contribution in [0.1, 0.15) is 26.3 Å². The average molecular weight is 353 g/mol. The summed E-state index contributed by atoms with van der Waals surface area (Å²) in [4.78, 5) is 23.7. The first-order chi connectivity index (χ1) is 12.6. The summed E-state index contributed by atoms with van der Waals surface area (Å²) in [7, 11) is 1.29. The minimum absolute atomic E-state index is 0.260. The zero-order valence-electron chi connectivity index (χ0n) is 14.0. The third-order valence-electron chi connectivity index (χ3n) is 3.74. The van der Waals surface area contributed by atoms with Crippen molar-refractivity contribution in [2.75, 3.05) is 12.4 Å². The third-order valence-corrected chi connectivity index (χ3v) is 3.74. The van der Waals surface area contributed by atoms with Gasteiger partial charge in [0.25, 0.3) is 5.91 Å². The van der Waals surface area contributed by atoms with Crippen LogP contribution < -0.4 is 5.32 Å². The van der Waals surface area contributed by atoms with E-state index < -0.39 is 5.97 Å². The number of anilines is 1. The molecule has 2 aromatic carbocycles. The van der Waals surface area contributed by atoms with Crippen molar-refractivity contribution in [1.29, 1.82) is 0 Å². The summed E-state index contributed by atoms with van der Waals surface area (Å²) in [6.45, 7) is 0.260. The molecule has 26 heavy (non-hydrogen) atoms. The summed E-state index contributed by atoms with van der Waals surface area (Å²) < 4.78 is 19.8. The van der Waals surface area contributed by atoms with Gasteiger partial charge in [0.15, 0.2) is 5.82 Å². The quantitative estimate of drug-likeness (QED) is 0.716. The molecule has 0 aliphatic heterocycles. The van der Waals surface area contributed by atoms with Gasteiger partial charge in [0.05, 0.1) is 19.2 Å². The minimum Gasteiger partial charge on any atom is -0.465 e. The number of hydrogen-bond acceptors (Lipinski definition) is 4. The second-order valence-electron chi connectivity index (χ2n) is 5.51. The van der Waals surface area contributed by atoms with Crippen molar-refractivity contribution in [2.45, 2.75) is 6.54 Å². The molecule has 0 aliphatic rings. The van der Waals surface area contributed by atoms with Crippen LogP contribution in [0.3, 0.4) is 0 Å². The average Bonchev–Trinajstić information content (AvgIpc) is 3.10. The van der Waals surface area contributed by atoms with Crippen molar-refractivity contribution >= 4 is 17.7 Å². The van der Waals surface area contributed by atoms with E-state index in [1.165, 1.54) is 42.1 Å². The molecule has 1 N–H and O–H groups in total. The van der Waals surface area contributed by atoms with E-state index in [9.17, 15) is 14.0 Å². The van der Waals surface area contributed by atoms with Gasteiger partial charge in [-0.05, 0) is 30.3 Å². The summed E-state index contributed by atoms with van der Waals surface area (Å²) in [5, 5.41) is 6.88. The lowest BCUT2D eigenvalue weighted by Crippen LogP contribution is -2.13. The molecule has 6 nitrogen and oxygen atoms in total. The van der Waals surface area contributed by atoms with E-state index in [0.29, 0.717) is 22.5 Å². The van der Waals surface area contributed by atoms with E-state index in [1.54, 1.807) is 30.5 Å². The molecule has 0 saturated heterocycles. The maximum Gasteiger partial charge on any atom is 0.337 e. The Hall–Kier alpha value is -3.48. The van der Waals surface area contributed by atoms with Crippen molar-refractivity contribution in [3.8, 4) is 0 Å². The number of nitrogens with zero attached hydrogens (tertiary/aromatic N) is 2. The minimum atomic E-state index is -0.469. The zero-order chi connectivity index (χ0) is 18.5. The number of rotatable bonds is 5. The molecule has 0 saturated carbocycles. The summed E-state index contributed by atoms with van der Waals surface area (Å²) in [6.07, 6.45) is 1.66. The number of ether oxygens (including phenoxy) is 1. The zero-order valence-corrected chi connectivity index (χ0v) is 14.0. The molecule has 3 rings (SSSR count). The molecule has 1 aromatic heterocycles. The Balaban J connectivity index is 1.66. The van der Waals surface area contributed by atoms with Crippen molar-refractivity contribution in [2.24, 2.45) is 0 Å². The Morgan fingerprint density at radius 1 is 1.08 bits per heavy atom. The van der Waals surface area contributed by atoms with E-state index in [2.05, 4.69) is 15.2 Å². The van der Waals surface area contributed by atoms with Gasteiger partial charge in [-0.3, -0.25) is 9.48 Å². The van der Waals surface area contributed by atoms with Gasteiger partial charge < -0.3 is 10.1 Å². The van der Waals surface area contributed by atoms with Crippen LogP contribution in [0.25, 0.3) is 0 Å². The standard InChI is InChI=1S/C19H16FN3O3/c1-26-19(25)14-8-6-13(7-9-14)18(24)21-17-10-11-23(22-17)12-15-4-2-3-5-16(15)20/h2-11H,12H2,1H3,(H,21,22,24). The predicted molar refractivity (Wildman–Crippen MR) is 93.5 cm³/mol. The van der Waals surface area contributed by atoms with Crippen LogP contribution >= 0.6 is 0 Å². The van der Waals surface area contributed by atoms with E-state index >= 15 is 0 Å². The van der Waals surface area contributed by atoms with Crippen molar-refractivity contribution in [1.82, 2.24) is 9.78 Å². The highest BCUT2D eigenvalue weighted by molar-refractivity contribution is 6.04. The van der Waals surface area contributed by atoms with Crippen LogP contribution in [0.4, 0.5) is 10.2 Å². The van der Waals surface area contributed by atoms with Crippen LogP contribution in [0, 0.1) is 5.82 Å². The Kier molecular flexibility index (Phi) is 5.07. The van der Waals surface area contributed by atoms with Crippen molar-refractivity contribution < 1.29 is 18.7 Å². The smallest absolute Gasteiger partial charge is 0.337 e. The largest absolute Gasteiger partial charge is 0.465 e. The molecule has 0 aliphatic carbocycles. The number of benzene rings is 2. The number of hydrogen-bond donors (Lipinski definition) is 1. The Morgan fingerprint density at radius 3 is 2.46 bits per heavy atom. The van der Waals surface area contributed by atoms with Gasteiger partial charge in [-0.15, -0.1) is 0 Å². The number of carbonyl (C=O) groups is 2. The maximum absolute atomic E-state index is 13.7. The highest BCUT2D eigenvalue weighted by Gasteiger charge is 2.11. The SMILES string of the molecule is COC(=O)c1ccc(C(=O)Nc2ccn(Cc3ccccc3F)n2)cc1. The third kappa shape index (κ3) is 3.94. The van der Waals surface area contributed by atoms with E-state index in [0.717, 1.165) is 0 Å². The van der Waals surface area contributed by atoms with Crippen LogP contribution in [0.15, 0.2) is 60.8 Å². The van der Waals surface area contributed by atoms with Gasteiger partial charge in [0, 0.05) is 23.4 Å². The maximum atomic E-state index is 13.7. The summed E-state index contributed by atoms with van der Waals surface area (Å²) in [5.74, 6) is -0.788. The monoisotopic (exact) mass is 353 g/mol. The summed E-state index contributed by atoms with van der Waals surface area (Å²) in [6, 6.07) is 14.1. The molecule has 0 radical (unpaired) electrons. The number of halogens is 1. The molecule has 0 fully saturated rings. The lowest BCUT2D eigenvalue weighted by atomic mass is 10.1. The molecule has 0 unspecified atom stereocenters. The van der Waals surface area contributed by atoms with Crippen LogP contribution in [0.5, 0.6) is 0 Å². The van der Waals surface area contributed by atoms with Gasteiger partial charge in [-0.2, -0.15) is 5.10 Å². The molecule has 1 heterocycles. The fraction of sp³-hybridized carbons (Fsp3) is 0.105. The van der Waals surface area contributed by atoms with Crippen molar-refractivity contribution in [3.05, 3.63) is 83.3 Å². The Morgan fingerprint density at radius 2 is 1.77 bits per heavy atom. The molecule has 7 heteroatoms. The number of carbonyl (C=O) groups excluding carboxylic acids is 2. The number of amides is 1. The second-order valence-corrected chi connectivity index (χ2v) is 5.51. The van der Waals surface area contributed by atoms with Crippen molar-refractivity contribution in [3.63, 3.8) is 0 Å². The predicted octanol–water partition coefficient (Wildman–Crippen LogP) is 3.11. The van der Waals surface area contributed by atoms with Crippen LogP contribution in [-0.2, 0) is 11.3 Å². The lowest BCUT2D eigenvalue weighted by molar-refractivity contribution is 0.0600. The molecular formula is C19H16FN3O3. The number of aromatic nitrogens is 2. The molecule has 1 amide bonds. The van der Waals surface area contributed by atoms with Gasteiger partial charge in [-0.25, -0.2) is 9.18 Å². The van der Waals surface area contributed by atoms with Crippen LogP contribution in [0.2, 0.25) is 0 Å². The second kappa shape index (κ2) is 7.60. The highest BCUT2D eigenvalue weighted by atomic mass is 19.1. The topological polar surface area (TPSA) is 73.2 Å². The number of nitrogens with one attached hydrogen (secondary N) is 1. The number of methoxy groups -OCH3 is 1. The molecule has 0 spiro atoms. The molecule has 132 valence electrons. The fourth-order valence-corrected chi connectivity index (χ4v) is 2.38. The summed E-state index contributed by atoms with van der Waals surface area (Å²) >= 11 is 0. The normalized spacial score (nSPS) is 10.4. The Bertz CT molecular complexity index is 935. The summed E-state index contributed by atoms with van der Waals surface area (Å²) in [5.41, 5.74) is 1.24. The van der Waals surface area contributed by atoms with E-state index in [1.807, 2.05) is 0 Å². The molecule has 3 aromatic rings. The molecule has 0 atom stereocenters. The van der Waals surface area contributed by atoms with Gasteiger partial charge in [-0.1, -0.05) is 18.2 Å². The first kappa shape index (κ1) is 17.3. The van der Waals surface area contributed by atoms with Crippen LogP contribution in [-0.4, -0.2) is 28.8 Å². The first-order valence-electron chi connectivity index (χ1n) is 7.83.